The van der Waals surface area contributed by atoms with Gasteiger partial charge in [-0.05, 0) is 44.9 Å². The number of ether oxygens (including phenoxy) is 2. The SMILES string of the molecule is CCCCCC(CC)OC(=O)C1CCC(C(=O)OC)CC1. The lowest BCUT2D eigenvalue weighted by Gasteiger charge is -2.27. The molecule has 0 spiro atoms. The molecule has 0 aromatic rings. The molecule has 1 fully saturated rings. The third-order valence-electron chi connectivity index (χ3n) is 4.46. The quantitative estimate of drug-likeness (QED) is 0.504. The van der Waals surface area contributed by atoms with Crippen LogP contribution in [0, 0.1) is 11.8 Å². The Kier molecular flexibility index (Phi) is 8.40. The van der Waals surface area contributed by atoms with Crippen LogP contribution in [0.15, 0.2) is 0 Å². The van der Waals surface area contributed by atoms with Crippen LogP contribution in [0.25, 0.3) is 0 Å². The van der Waals surface area contributed by atoms with Gasteiger partial charge in [0.15, 0.2) is 0 Å². The predicted molar refractivity (Wildman–Crippen MR) is 81.8 cm³/mol. The molecule has 4 heteroatoms. The summed E-state index contributed by atoms with van der Waals surface area (Å²) in [5.41, 5.74) is 0. The van der Waals surface area contributed by atoms with Gasteiger partial charge >= 0.3 is 11.9 Å². The van der Waals surface area contributed by atoms with Gasteiger partial charge in [-0.2, -0.15) is 0 Å². The second kappa shape index (κ2) is 9.80. The summed E-state index contributed by atoms with van der Waals surface area (Å²) in [4.78, 5) is 23.7. The van der Waals surface area contributed by atoms with Crippen LogP contribution >= 0.6 is 0 Å². The number of hydrogen-bond donors (Lipinski definition) is 0. The Labute approximate surface area is 128 Å². The molecule has 122 valence electrons. The van der Waals surface area contributed by atoms with Crippen LogP contribution < -0.4 is 0 Å². The van der Waals surface area contributed by atoms with Gasteiger partial charge in [0, 0.05) is 0 Å². The van der Waals surface area contributed by atoms with Gasteiger partial charge in [0.2, 0.25) is 0 Å². The van der Waals surface area contributed by atoms with Crippen LogP contribution in [-0.2, 0) is 19.1 Å². The molecule has 0 aromatic carbocycles. The summed E-state index contributed by atoms with van der Waals surface area (Å²) in [6, 6.07) is 0. The third-order valence-corrected chi connectivity index (χ3v) is 4.46. The molecule has 0 bridgehead atoms. The van der Waals surface area contributed by atoms with Crippen LogP contribution in [0.5, 0.6) is 0 Å². The van der Waals surface area contributed by atoms with Gasteiger partial charge in [0.05, 0.1) is 18.9 Å². The first-order chi connectivity index (χ1) is 10.1. The zero-order valence-corrected chi connectivity index (χ0v) is 13.7. The minimum Gasteiger partial charge on any atom is -0.469 e. The standard InChI is InChI=1S/C17H30O4/c1-4-6-7-8-15(5-2)21-17(19)14-11-9-13(10-12-14)16(18)20-3/h13-15H,4-12H2,1-3H3. The lowest BCUT2D eigenvalue weighted by Crippen LogP contribution is -2.30. The van der Waals surface area contributed by atoms with Crippen molar-refractivity contribution in [1.82, 2.24) is 0 Å². The average molecular weight is 298 g/mol. The van der Waals surface area contributed by atoms with E-state index < -0.39 is 0 Å². The van der Waals surface area contributed by atoms with E-state index in [1.165, 1.54) is 20.0 Å². The molecule has 0 saturated heterocycles. The van der Waals surface area contributed by atoms with Gasteiger partial charge < -0.3 is 9.47 Å². The molecular formula is C17H30O4. The van der Waals surface area contributed by atoms with E-state index in [0.29, 0.717) is 0 Å². The average Bonchev–Trinajstić information content (AvgIpc) is 2.53. The van der Waals surface area contributed by atoms with Crippen molar-refractivity contribution in [2.45, 2.75) is 77.7 Å². The predicted octanol–water partition coefficient (Wildman–Crippen LogP) is 3.87. The molecule has 0 aliphatic heterocycles. The Morgan fingerprint density at radius 3 is 2.05 bits per heavy atom. The van der Waals surface area contributed by atoms with Gasteiger partial charge in [-0.25, -0.2) is 0 Å². The molecule has 0 N–H and O–H groups in total. The maximum atomic E-state index is 12.2. The fraction of sp³-hybridized carbons (Fsp3) is 0.882. The van der Waals surface area contributed by atoms with Crippen molar-refractivity contribution in [3.05, 3.63) is 0 Å². The second-order valence-electron chi connectivity index (χ2n) is 6.03. The minimum atomic E-state index is -0.146. The normalized spacial score (nSPS) is 23.4. The third kappa shape index (κ3) is 6.06. The van der Waals surface area contributed by atoms with Crippen LogP contribution in [0.1, 0.15) is 71.6 Å². The number of methoxy groups -OCH3 is 1. The summed E-state index contributed by atoms with van der Waals surface area (Å²) < 4.78 is 10.4. The highest BCUT2D eigenvalue weighted by molar-refractivity contribution is 5.75. The fourth-order valence-electron chi connectivity index (χ4n) is 2.96. The zero-order chi connectivity index (χ0) is 15.7. The summed E-state index contributed by atoms with van der Waals surface area (Å²) in [5, 5.41) is 0. The van der Waals surface area contributed by atoms with E-state index in [1.807, 2.05) is 0 Å². The largest absolute Gasteiger partial charge is 0.469 e. The molecule has 4 nitrogen and oxygen atoms in total. The Bertz CT molecular complexity index is 319. The Hall–Kier alpha value is -1.06. The van der Waals surface area contributed by atoms with E-state index in [0.717, 1.165) is 44.9 Å². The smallest absolute Gasteiger partial charge is 0.309 e. The Balaban J connectivity index is 2.33. The summed E-state index contributed by atoms with van der Waals surface area (Å²) in [7, 11) is 1.42. The molecule has 0 amide bonds. The number of hydrogen-bond acceptors (Lipinski definition) is 4. The van der Waals surface area contributed by atoms with Gasteiger partial charge in [-0.1, -0.05) is 26.7 Å². The Morgan fingerprint density at radius 2 is 1.57 bits per heavy atom. The molecule has 1 atom stereocenters. The first-order valence-electron chi connectivity index (χ1n) is 8.40. The van der Waals surface area contributed by atoms with E-state index in [4.69, 9.17) is 9.47 Å². The van der Waals surface area contributed by atoms with Crippen molar-refractivity contribution in [3.8, 4) is 0 Å². The molecule has 21 heavy (non-hydrogen) atoms. The second-order valence-corrected chi connectivity index (χ2v) is 6.03. The summed E-state index contributed by atoms with van der Waals surface area (Å²) in [6.07, 6.45) is 8.35. The molecule has 1 saturated carbocycles. The lowest BCUT2D eigenvalue weighted by molar-refractivity contribution is -0.158. The van der Waals surface area contributed by atoms with Crippen molar-refractivity contribution < 1.29 is 19.1 Å². The van der Waals surface area contributed by atoms with Crippen molar-refractivity contribution >= 4 is 11.9 Å². The number of rotatable bonds is 8. The maximum Gasteiger partial charge on any atom is 0.309 e. The van der Waals surface area contributed by atoms with Crippen LogP contribution in [0.3, 0.4) is 0 Å². The molecule has 0 heterocycles. The number of carbonyl (C=O) groups excluding carboxylic acids is 2. The molecule has 1 aliphatic carbocycles. The van der Waals surface area contributed by atoms with Crippen molar-refractivity contribution in [2.75, 3.05) is 7.11 Å². The fourth-order valence-corrected chi connectivity index (χ4v) is 2.96. The summed E-state index contributed by atoms with van der Waals surface area (Å²) in [5.74, 6) is -0.286. The molecule has 1 rings (SSSR count). The van der Waals surface area contributed by atoms with Crippen molar-refractivity contribution in [1.29, 1.82) is 0 Å². The highest BCUT2D eigenvalue weighted by Gasteiger charge is 2.32. The van der Waals surface area contributed by atoms with Gasteiger partial charge in [0.25, 0.3) is 0 Å². The summed E-state index contributed by atoms with van der Waals surface area (Å²) in [6.45, 7) is 4.24. The van der Waals surface area contributed by atoms with E-state index in [1.54, 1.807) is 0 Å². The monoisotopic (exact) mass is 298 g/mol. The maximum absolute atomic E-state index is 12.2. The molecule has 1 unspecified atom stereocenters. The molecular weight excluding hydrogens is 268 g/mol. The molecule has 1 aliphatic rings. The topological polar surface area (TPSA) is 52.6 Å². The van der Waals surface area contributed by atoms with Crippen LogP contribution in [0.2, 0.25) is 0 Å². The number of esters is 2. The number of unbranched alkanes of at least 4 members (excludes halogenated alkanes) is 2. The lowest BCUT2D eigenvalue weighted by atomic mass is 9.82. The van der Waals surface area contributed by atoms with Gasteiger partial charge in [-0.15, -0.1) is 0 Å². The first kappa shape index (κ1) is 18.0. The van der Waals surface area contributed by atoms with E-state index in [2.05, 4.69) is 13.8 Å². The van der Waals surface area contributed by atoms with Crippen molar-refractivity contribution in [2.24, 2.45) is 11.8 Å². The Morgan fingerprint density at radius 1 is 1.00 bits per heavy atom. The van der Waals surface area contributed by atoms with Gasteiger partial charge in [-0.3, -0.25) is 9.59 Å². The highest BCUT2D eigenvalue weighted by Crippen LogP contribution is 2.31. The minimum absolute atomic E-state index is 0.0360. The van der Waals surface area contributed by atoms with E-state index >= 15 is 0 Å². The van der Waals surface area contributed by atoms with Crippen LogP contribution in [-0.4, -0.2) is 25.2 Å². The van der Waals surface area contributed by atoms with Gasteiger partial charge in [0.1, 0.15) is 6.10 Å². The molecule has 0 radical (unpaired) electrons. The summed E-state index contributed by atoms with van der Waals surface area (Å²) >= 11 is 0. The first-order valence-corrected chi connectivity index (χ1v) is 8.40. The van der Waals surface area contributed by atoms with Crippen molar-refractivity contribution in [3.63, 3.8) is 0 Å². The molecule has 0 aromatic heterocycles. The van der Waals surface area contributed by atoms with E-state index in [-0.39, 0.29) is 29.9 Å². The zero-order valence-electron chi connectivity index (χ0n) is 13.7. The van der Waals surface area contributed by atoms with E-state index in [9.17, 15) is 9.59 Å². The highest BCUT2D eigenvalue weighted by atomic mass is 16.5. The van der Waals surface area contributed by atoms with Crippen LogP contribution in [0.4, 0.5) is 0 Å². The number of carbonyl (C=O) groups is 2.